The lowest BCUT2D eigenvalue weighted by Crippen LogP contribution is -2.58. The number of unbranched alkanes of at least 4 members (excludes halogenated alkanes) is 1. The van der Waals surface area contributed by atoms with E-state index in [0.29, 0.717) is 12.1 Å². The van der Waals surface area contributed by atoms with Gasteiger partial charge in [0.25, 0.3) is 0 Å². The Morgan fingerprint density at radius 1 is 1.41 bits per heavy atom. The lowest BCUT2D eigenvalue weighted by molar-refractivity contribution is 0.0804. The molecule has 2 aliphatic heterocycles. The number of nitrogens with zero attached hydrogens (tertiary/aromatic N) is 2. The van der Waals surface area contributed by atoms with Gasteiger partial charge in [-0.25, -0.2) is 4.79 Å². The largest absolute Gasteiger partial charge is 0.338 e. The first-order chi connectivity index (χ1) is 8.22. The number of hydrogen-bond acceptors (Lipinski definition) is 2. The van der Waals surface area contributed by atoms with E-state index in [-0.39, 0.29) is 6.03 Å². The molecule has 0 aromatic heterocycles. The maximum Gasteiger partial charge on any atom is 0.317 e. The van der Waals surface area contributed by atoms with Crippen molar-refractivity contribution in [3.63, 3.8) is 0 Å². The summed E-state index contributed by atoms with van der Waals surface area (Å²) in [6.07, 6.45) is 4.75. The van der Waals surface area contributed by atoms with E-state index in [1.54, 1.807) is 0 Å². The van der Waals surface area contributed by atoms with Gasteiger partial charge in [0.05, 0.1) is 0 Å². The summed E-state index contributed by atoms with van der Waals surface area (Å²) < 4.78 is 0. The molecule has 0 aromatic carbocycles. The number of rotatable bonds is 3. The van der Waals surface area contributed by atoms with E-state index in [2.05, 4.69) is 24.1 Å². The van der Waals surface area contributed by atoms with E-state index in [1.165, 1.54) is 19.4 Å². The van der Waals surface area contributed by atoms with Crippen LogP contribution in [0.3, 0.4) is 0 Å². The van der Waals surface area contributed by atoms with E-state index < -0.39 is 0 Å². The van der Waals surface area contributed by atoms with Crippen LogP contribution in [-0.2, 0) is 0 Å². The molecule has 2 saturated heterocycles. The number of urea groups is 1. The first-order valence-corrected chi connectivity index (χ1v) is 7.01. The zero-order chi connectivity index (χ0) is 12.3. The van der Waals surface area contributed by atoms with Crippen molar-refractivity contribution in [3.8, 4) is 0 Å². The summed E-state index contributed by atoms with van der Waals surface area (Å²) in [4.78, 5) is 16.6. The first-order valence-electron chi connectivity index (χ1n) is 7.01. The monoisotopic (exact) mass is 239 g/mol. The van der Waals surface area contributed by atoms with Crippen LogP contribution in [0.25, 0.3) is 0 Å². The van der Waals surface area contributed by atoms with E-state index >= 15 is 0 Å². The minimum atomic E-state index is 0.137. The molecule has 0 spiro atoms. The van der Waals surface area contributed by atoms with Crippen molar-refractivity contribution < 1.29 is 4.79 Å². The topological polar surface area (TPSA) is 35.6 Å². The summed E-state index contributed by atoms with van der Waals surface area (Å²) in [6.45, 7) is 8.30. The maximum absolute atomic E-state index is 12.1. The highest BCUT2D eigenvalue weighted by molar-refractivity contribution is 5.74. The van der Waals surface area contributed by atoms with Crippen LogP contribution in [-0.4, -0.2) is 54.1 Å². The first kappa shape index (κ1) is 12.7. The molecule has 4 heteroatoms. The molecule has 0 radical (unpaired) electrons. The highest BCUT2D eigenvalue weighted by atomic mass is 16.2. The van der Waals surface area contributed by atoms with Gasteiger partial charge in [-0.05, 0) is 32.7 Å². The molecule has 2 aliphatic rings. The van der Waals surface area contributed by atoms with Gasteiger partial charge >= 0.3 is 6.03 Å². The molecule has 2 fully saturated rings. The van der Waals surface area contributed by atoms with Crippen molar-refractivity contribution in [2.24, 2.45) is 0 Å². The second-order valence-electron chi connectivity index (χ2n) is 5.38. The molecule has 2 atom stereocenters. The molecule has 2 heterocycles. The van der Waals surface area contributed by atoms with Gasteiger partial charge in [-0.15, -0.1) is 0 Å². The van der Waals surface area contributed by atoms with Crippen molar-refractivity contribution >= 4 is 6.03 Å². The fraction of sp³-hybridized carbons (Fsp3) is 0.923. The van der Waals surface area contributed by atoms with E-state index in [1.807, 2.05) is 4.90 Å². The zero-order valence-corrected chi connectivity index (χ0v) is 11.1. The SMILES string of the molecule is CCCCNC(=O)N1CC2CCCN2CC1C. The highest BCUT2D eigenvalue weighted by Crippen LogP contribution is 2.24. The van der Waals surface area contributed by atoms with E-state index in [0.717, 1.165) is 32.5 Å². The Labute approximate surface area is 104 Å². The number of hydrogen-bond donors (Lipinski definition) is 1. The molecule has 98 valence electrons. The number of piperazine rings is 1. The highest BCUT2D eigenvalue weighted by Gasteiger charge is 2.36. The molecule has 2 amide bonds. The van der Waals surface area contributed by atoms with Gasteiger partial charge in [0.1, 0.15) is 0 Å². The third-order valence-corrected chi connectivity index (χ3v) is 4.00. The number of amides is 2. The van der Waals surface area contributed by atoms with Crippen LogP contribution in [0.15, 0.2) is 0 Å². The summed E-state index contributed by atoms with van der Waals surface area (Å²) in [6, 6.07) is 1.10. The molecular formula is C13H25N3O. The molecule has 0 aliphatic carbocycles. The second kappa shape index (κ2) is 5.71. The van der Waals surface area contributed by atoms with Crippen LogP contribution < -0.4 is 5.32 Å². The van der Waals surface area contributed by atoms with Crippen molar-refractivity contribution in [1.82, 2.24) is 15.1 Å². The number of fused-ring (bicyclic) bond motifs is 1. The Morgan fingerprint density at radius 3 is 3.00 bits per heavy atom. The Balaban J connectivity index is 1.84. The average Bonchev–Trinajstić information content (AvgIpc) is 2.75. The van der Waals surface area contributed by atoms with E-state index in [4.69, 9.17) is 0 Å². The average molecular weight is 239 g/mol. The molecular weight excluding hydrogens is 214 g/mol. The third-order valence-electron chi connectivity index (χ3n) is 4.00. The molecule has 1 N–H and O–H groups in total. The van der Waals surface area contributed by atoms with Crippen LogP contribution in [0.5, 0.6) is 0 Å². The second-order valence-corrected chi connectivity index (χ2v) is 5.38. The van der Waals surface area contributed by atoms with Crippen molar-refractivity contribution in [1.29, 1.82) is 0 Å². The molecule has 0 saturated carbocycles. The van der Waals surface area contributed by atoms with Crippen molar-refractivity contribution in [3.05, 3.63) is 0 Å². The summed E-state index contributed by atoms with van der Waals surface area (Å²) in [5.74, 6) is 0. The predicted octanol–water partition coefficient (Wildman–Crippen LogP) is 1.66. The summed E-state index contributed by atoms with van der Waals surface area (Å²) in [5.41, 5.74) is 0. The van der Waals surface area contributed by atoms with Crippen LogP contribution in [0.1, 0.15) is 39.5 Å². The number of carbonyl (C=O) groups excluding carboxylic acids is 1. The quantitative estimate of drug-likeness (QED) is 0.760. The van der Waals surface area contributed by atoms with Gasteiger partial charge in [0.15, 0.2) is 0 Å². The molecule has 4 nitrogen and oxygen atoms in total. The molecule has 2 rings (SSSR count). The smallest absolute Gasteiger partial charge is 0.317 e. The lowest BCUT2D eigenvalue weighted by atomic mass is 10.1. The summed E-state index contributed by atoms with van der Waals surface area (Å²) in [7, 11) is 0. The predicted molar refractivity (Wildman–Crippen MR) is 69.1 cm³/mol. The minimum Gasteiger partial charge on any atom is -0.338 e. The van der Waals surface area contributed by atoms with Gasteiger partial charge in [0, 0.05) is 31.7 Å². The lowest BCUT2D eigenvalue weighted by Gasteiger charge is -2.42. The number of carbonyl (C=O) groups is 1. The van der Waals surface area contributed by atoms with Crippen molar-refractivity contribution in [2.45, 2.75) is 51.6 Å². The van der Waals surface area contributed by atoms with Crippen LogP contribution in [0.2, 0.25) is 0 Å². The Kier molecular flexibility index (Phi) is 4.26. The fourth-order valence-corrected chi connectivity index (χ4v) is 2.94. The molecule has 17 heavy (non-hydrogen) atoms. The number of nitrogens with one attached hydrogen (secondary N) is 1. The zero-order valence-electron chi connectivity index (χ0n) is 11.1. The molecule has 2 unspecified atom stereocenters. The van der Waals surface area contributed by atoms with Crippen LogP contribution >= 0.6 is 0 Å². The van der Waals surface area contributed by atoms with Gasteiger partial charge in [0.2, 0.25) is 0 Å². The standard InChI is InChI=1S/C13H25N3O/c1-3-4-7-14-13(17)16-10-12-6-5-8-15(12)9-11(16)2/h11-12H,3-10H2,1-2H3,(H,14,17). The maximum atomic E-state index is 12.1. The Bertz CT molecular complexity index is 269. The molecule has 0 aromatic rings. The Morgan fingerprint density at radius 2 is 2.24 bits per heavy atom. The van der Waals surface area contributed by atoms with Crippen LogP contribution in [0, 0.1) is 0 Å². The summed E-state index contributed by atoms with van der Waals surface area (Å²) in [5, 5.41) is 3.03. The normalized spacial score (nSPS) is 29.2. The van der Waals surface area contributed by atoms with Gasteiger partial charge in [-0.3, -0.25) is 4.90 Å². The summed E-state index contributed by atoms with van der Waals surface area (Å²) >= 11 is 0. The third kappa shape index (κ3) is 2.92. The fourth-order valence-electron chi connectivity index (χ4n) is 2.94. The minimum absolute atomic E-state index is 0.137. The van der Waals surface area contributed by atoms with Gasteiger partial charge in [-0.1, -0.05) is 13.3 Å². The van der Waals surface area contributed by atoms with Gasteiger partial charge < -0.3 is 10.2 Å². The van der Waals surface area contributed by atoms with Gasteiger partial charge in [-0.2, -0.15) is 0 Å². The Hall–Kier alpha value is -0.770. The van der Waals surface area contributed by atoms with Crippen LogP contribution in [0.4, 0.5) is 4.79 Å². The molecule has 0 bridgehead atoms. The van der Waals surface area contributed by atoms with Crippen molar-refractivity contribution in [2.75, 3.05) is 26.2 Å². The van der Waals surface area contributed by atoms with E-state index in [9.17, 15) is 4.79 Å².